The highest BCUT2D eigenvalue weighted by Gasteiger charge is 2.54. The molecule has 0 saturated carbocycles. The summed E-state index contributed by atoms with van der Waals surface area (Å²) in [6.07, 6.45) is 1.37. The molecule has 4 nitrogen and oxygen atoms in total. The molecular formula is C13H14O4S2. The second kappa shape index (κ2) is 4.24. The zero-order valence-corrected chi connectivity index (χ0v) is 11.8. The molecule has 2 aliphatic rings. The summed E-state index contributed by atoms with van der Waals surface area (Å²) in [4.78, 5) is 12.0. The molecule has 1 aromatic rings. The number of aliphatic carboxylic acids is 1. The number of hydrogen-bond donors (Lipinski definition) is 1. The van der Waals surface area contributed by atoms with Gasteiger partial charge >= 0.3 is 5.97 Å². The van der Waals surface area contributed by atoms with Crippen molar-refractivity contribution in [2.75, 3.05) is 11.5 Å². The predicted molar refractivity (Wildman–Crippen MR) is 73.3 cm³/mol. The van der Waals surface area contributed by atoms with Crippen LogP contribution < -0.4 is 0 Å². The largest absolute Gasteiger partial charge is 0.480 e. The average Bonchev–Trinajstić information content (AvgIpc) is 2.95. The van der Waals surface area contributed by atoms with Crippen molar-refractivity contribution in [3.05, 3.63) is 29.8 Å². The van der Waals surface area contributed by atoms with Crippen LogP contribution in [0.2, 0.25) is 0 Å². The average molecular weight is 298 g/mol. The summed E-state index contributed by atoms with van der Waals surface area (Å²) in [7, 11) is -3.34. The first-order chi connectivity index (χ1) is 8.97. The van der Waals surface area contributed by atoms with E-state index < -0.39 is 26.5 Å². The van der Waals surface area contributed by atoms with Crippen molar-refractivity contribution in [3.8, 4) is 0 Å². The standard InChI is InChI=1S/C13H14O4S2/c14-12(15)13(6-3-7-18-13)10-8-19(16,17)11-5-2-1-4-9(10)11/h1-2,4-5,10H,3,6-8H2,(H,14,15). The maximum Gasteiger partial charge on any atom is 0.320 e. The van der Waals surface area contributed by atoms with E-state index in [1.165, 1.54) is 11.8 Å². The van der Waals surface area contributed by atoms with Crippen LogP contribution in [0.3, 0.4) is 0 Å². The first-order valence-electron chi connectivity index (χ1n) is 6.16. The Kier molecular flexibility index (Phi) is 2.90. The van der Waals surface area contributed by atoms with Gasteiger partial charge in [0.1, 0.15) is 4.75 Å². The summed E-state index contributed by atoms with van der Waals surface area (Å²) in [6.45, 7) is 0. The van der Waals surface area contributed by atoms with E-state index in [4.69, 9.17) is 0 Å². The van der Waals surface area contributed by atoms with Gasteiger partial charge in [-0.3, -0.25) is 4.79 Å². The van der Waals surface area contributed by atoms with Crippen LogP contribution in [0.5, 0.6) is 0 Å². The van der Waals surface area contributed by atoms with E-state index in [-0.39, 0.29) is 5.75 Å². The van der Waals surface area contributed by atoms with Crippen LogP contribution in [0.4, 0.5) is 0 Å². The number of carbonyl (C=O) groups is 1. The van der Waals surface area contributed by atoms with Gasteiger partial charge in [0.25, 0.3) is 0 Å². The summed E-state index contributed by atoms with van der Waals surface area (Å²) < 4.78 is 23.4. The highest BCUT2D eigenvalue weighted by Crippen LogP contribution is 2.53. The van der Waals surface area contributed by atoms with E-state index in [2.05, 4.69) is 0 Å². The lowest BCUT2D eigenvalue weighted by Gasteiger charge is -2.29. The molecule has 2 unspecified atom stereocenters. The molecule has 0 aromatic heterocycles. The smallest absolute Gasteiger partial charge is 0.320 e. The number of benzene rings is 1. The Hall–Kier alpha value is -1.01. The Morgan fingerprint density at radius 3 is 2.74 bits per heavy atom. The van der Waals surface area contributed by atoms with Crippen molar-refractivity contribution in [2.24, 2.45) is 0 Å². The van der Waals surface area contributed by atoms with Crippen molar-refractivity contribution < 1.29 is 18.3 Å². The molecule has 3 rings (SSSR count). The highest BCUT2D eigenvalue weighted by molar-refractivity contribution is 8.01. The lowest BCUT2D eigenvalue weighted by atomic mass is 9.84. The summed E-state index contributed by atoms with van der Waals surface area (Å²) in [5.41, 5.74) is 0.680. The summed E-state index contributed by atoms with van der Waals surface area (Å²) >= 11 is 1.40. The van der Waals surface area contributed by atoms with Crippen LogP contribution in [-0.2, 0) is 14.6 Å². The Bertz CT molecular complexity index is 630. The quantitative estimate of drug-likeness (QED) is 0.903. The third-order valence-corrected chi connectivity index (χ3v) is 7.48. The number of fused-ring (bicyclic) bond motifs is 1. The molecule has 1 aromatic carbocycles. The Labute approximate surface area is 116 Å². The minimum Gasteiger partial charge on any atom is -0.480 e. The van der Waals surface area contributed by atoms with Crippen LogP contribution >= 0.6 is 11.8 Å². The fraction of sp³-hybridized carbons (Fsp3) is 0.462. The van der Waals surface area contributed by atoms with Crippen LogP contribution in [0.25, 0.3) is 0 Å². The number of carboxylic acid groups (broad SMARTS) is 1. The van der Waals surface area contributed by atoms with Crippen LogP contribution in [-0.4, -0.2) is 35.7 Å². The monoisotopic (exact) mass is 298 g/mol. The Balaban J connectivity index is 2.16. The molecule has 2 heterocycles. The number of hydrogen-bond acceptors (Lipinski definition) is 4. The normalized spacial score (nSPS) is 32.1. The number of sulfone groups is 1. The third-order valence-electron chi connectivity index (χ3n) is 3.99. The number of carboxylic acids is 1. The van der Waals surface area contributed by atoms with Gasteiger partial charge < -0.3 is 5.11 Å². The Morgan fingerprint density at radius 2 is 2.11 bits per heavy atom. The lowest BCUT2D eigenvalue weighted by molar-refractivity contribution is -0.140. The molecule has 1 N–H and O–H groups in total. The van der Waals surface area contributed by atoms with Gasteiger partial charge in [0.05, 0.1) is 10.6 Å². The van der Waals surface area contributed by atoms with Gasteiger partial charge in [0.2, 0.25) is 0 Å². The molecule has 1 fully saturated rings. The van der Waals surface area contributed by atoms with Gasteiger partial charge in [-0.2, -0.15) is 0 Å². The van der Waals surface area contributed by atoms with Gasteiger partial charge in [-0.05, 0) is 30.2 Å². The molecule has 0 bridgehead atoms. The SMILES string of the molecule is O=C(O)C1(C2CS(=O)(=O)c3ccccc32)CCCS1. The minimum absolute atomic E-state index is 0.0777. The molecule has 19 heavy (non-hydrogen) atoms. The second-order valence-electron chi connectivity index (χ2n) is 5.02. The molecule has 6 heteroatoms. The van der Waals surface area contributed by atoms with E-state index in [1.807, 2.05) is 0 Å². The lowest BCUT2D eigenvalue weighted by Crippen LogP contribution is -2.40. The zero-order chi connectivity index (χ0) is 13.7. The van der Waals surface area contributed by atoms with Crippen LogP contribution in [0, 0.1) is 0 Å². The second-order valence-corrected chi connectivity index (χ2v) is 8.45. The number of rotatable bonds is 2. The van der Waals surface area contributed by atoms with Gasteiger partial charge in [0.15, 0.2) is 9.84 Å². The molecule has 2 atom stereocenters. The van der Waals surface area contributed by atoms with Crippen molar-refractivity contribution in [1.82, 2.24) is 0 Å². The zero-order valence-electron chi connectivity index (χ0n) is 10.2. The summed E-state index contributed by atoms with van der Waals surface area (Å²) in [5.74, 6) is -0.609. The van der Waals surface area contributed by atoms with Crippen LogP contribution in [0.1, 0.15) is 24.3 Å². The number of thioether (sulfide) groups is 1. The maximum absolute atomic E-state index is 12.2. The first kappa shape index (κ1) is 13.0. The van der Waals surface area contributed by atoms with E-state index >= 15 is 0 Å². The van der Waals surface area contributed by atoms with Crippen molar-refractivity contribution in [2.45, 2.75) is 28.4 Å². The van der Waals surface area contributed by atoms with E-state index in [9.17, 15) is 18.3 Å². The predicted octanol–water partition coefficient (Wildman–Crippen LogP) is 1.91. The van der Waals surface area contributed by atoms with Crippen molar-refractivity contribution in [3.63, 3.8) is 0 Å². The highest BCUT2D eigenvalue weighted by atomic mass is 32.2. The topological polar surface area (TPSA) is 71.4 Å². The fourth-order valence-corrected chi connectivity index (χ4v) is 6.61. The summed E-state index contributed by atoms with van der Waals surface area (Å²) in [5, 5.41) is 9.60. The molecule has 2 aliphatic heterocycles. The van der Waals surface area contributed by atoms with Gasteiger partial charge in [-0.25, -0.2) is 8.42 Å². The molecule has 1 saturated heterocycles. The van der Waals surface area contributed by atoms with Crippen LogP contribution in [0.15, 0.2) is 29.2 Å². The summed E-state index contributed by atoms with van der Waals surface area (Å²) in [6, 6.07) is 6.81. The third kappa shape index (κ3) is 1.80. The molecule has 102 valence electrons. The molecule has 0 aliphatic carbocycles. The molecular weight excluding hydrogens is 284 g/mol. The first-order valence-corrected chi connectivity index (χ1v) is 8.80. The minimum atomic E-state index is -3.34. The molecule has 0 radical (unpaired) electrons. The molecule has 0 spiro atoms. The van der Waals surface area contributed by atoms with Gasteiger partial charge in [-0.1, -0.05) is 18.2 Å². The van der Waals surface area contributed by atoms with Gasteiger partial charge in [0, 0.05) is 5.92 Å². The molecule has 0 amide bonds. The van der Waals surface area contributed by atoms with Crippen molar-refractivity contribution in [1.29, 1.82) is 0 Å². The van der Waals surface area contributed by atoms with E-state index in [1.54, 1.807) is 24.3 Å². The van der Waals surface area contributed by atoms with E-state index in [0.29, 0.717) is 16.9 Å². The maximum atomic E-state index is 12.2. The fourth-order valence-electron chi connectivity index (χ4n) is 3.09. The van der Waals surface area contributed by atoms with Gasteiger partial charge in [-0.15, -0.1) is 11.8 Å². The Morgan fingerprint density at radius 1 is 1.37 bits per heavy atom. The van der Waals surface area contributed by atoms with E-state index in [0.717, 1.165) is 12.2 Å². The van der Waals surface area contributed by atoms with Crippen molar-refractivity contribution >= 4 is 27.6 Å².